The second kappa shape index (κ2) is 4.87. The molecular formula is C17H22O. The van der Waals surface area contributed by atoms with Crippen LogP contribution in [0.25, 0.3) is 0 Å². The van der Waals surface area contributed by atoms with Crippen LogP contribution in [-0.2, 0) is 17.6 Å². The Morgan fingerprint density at radius 2 is 1.72 bits per heavy atom. The van der Waals surface area contributed by atoms with Crippen LogP contribution >= 0.6 is 0 Å². The molecule has 1 fully saturated rings. The summed E-state index contributed by atoms with van der Waals surface area (Å²) in [7, 11) is 0. The molecule has 0 N–H and O–H groups in total. The maximum atomic E-state index is 12.6. The van der Waals surface area contributed by atoms with E-state index in [4.69, 9.17) is 0 Å². The van der Waals surface area contributed by atoms with E-state index in [9.17, 15) is 4.79 Å². The molecule has 1 aromatic rings. The fourth-order valence-corrected chi connectivity index (χ4v) is 3.79. The number of fused-ring (bicyclic) bond motifs is 1. The van der Waals surface area contributed by atoms with Crippen molar-refractivity contribution >= 4 is 5.78 Å². The number of ketones is 1. The molecule has 0 aliphatic heterocycles. The van der Waals surface area contributed by atoms with Crippen molar-refractivity contribution in [2.45, 2.75) is 45.4 Å². The maximum Gasteiger partial charge on any atom is 0.139 e. The summed E-state index contributed by atoms with van der Waals surface area (Å²) >= 11 is 0. The minimum Gasteiger partial charge on any atom is -0.299 e. The third kappa shape index (κ3) is 2.23. The molecule has 1 aromatic carbocycles. The molecule has 1 saturated carbocycles. The van der Waals surface area contributed by atoms with Gasteiger partial charge in [-0.15, -0.1) is 0 Å². The third-order valence-electron chi connectivity index (χ3n) is 4.79. The van der Waals surface area contributed by atoms with Crippen LogP contribution in [0.15, 0.2) is 24.3 Å². The Hall–Kier alpha value is -1.11. The highest BCUT2D eigenvalue weighted by Gasteiger charge is 2.33. The van der Waals surface area contributed by atoms with Crippen LogP contribution in [-0.4, -0.2) is 5.78 Å². The lowest BCUT2D eigenvalue weighted by molar-refractivity contribution is -0.128. The normalized spacial score (nSPS) is 28.1. The fraction of sp³-hybridized carbons (Fsp3) is 0.588. The third-order valence-corrected chi connectivity index (χ3v) is 4.79. The highest BCUT2D eigenvalue weighted by Crippen LogP contribution is 2.35. The SMILES string of the molecule is CC1CCCC(C(=O)C2Cc3ccccc3C2)C1. The number of carbonyl (C=O) groups is 1. The predicted octanol–water partition coefficient (Wildman–Crippen LogP) is 3.80. The number of Topliss-reactive ketones (excluding diaryl/α,β-unsaturated/α-hetero) is 1. The number of carbonyl (C=O) groups excluding carboxylic acids is 1. The Labute approximate surface area is 110 Å². The Balaban J connectivity index is 1.68. The smallest absolute Gasteiger partial charge is 0.139 e. The van der Waals surface area contributed by atoms with E-state index >= 15 is 0 Å². The van der Waals surface area contributed by atoms with Crippen LogP contribution in [0.4, 0.5) is 0 Å². The first-order valence-corrected chi connectivity index (χ1v) is 7.34. The molecule has 3 rings (SSSR count). The number of benzene rings is 1. The Morgan fingerprint density at radius 1 is 1.06 bits per heavy atom. The van der Waals surface area contributed by atoms with Gasteiger partial charge in [0.05, 0.1) is 0 Å². The topological polar surface area (TPSA) is 17.1 Å². The van der Waals surface area contributed by atoms with Gasteiger partial charge in [-0.05, 0) is 42.7 Å². The van der Waals surface area contributed by atoms with Gasteiger partial charge >= 0.3 is 0 Å². The first-order valence-electron chi connectivity index (χ1n) is 7.34. The van der Waals surface area contributed by atoms with Gasteiger partial charge in [0, 0.05) is 11.8 Å². The van der Waals surface area contributed by atoms with E-state index in [0.717, 1.165) is 31.6 Å². The Kier molecular flexibility index (Phi) is 3.23. The number of hydrogen-bond acceptors (Lipinski definition) is 1. The zero-order valence-electron chi connectivity index (χ0n) is 11.2. The molecule has 96 valence electrons. The van der Waals surface area contributed by atoms with Crippen molar-refractivity contribution in [3.63, 3.8) is 0 Å². The molecule has 0 saturated heterocycles. The molecule has 0 radical (unpaired) electrons. The predicted molar refractivity (Wildman–Crippen MR) is 73.5 cm³/mol. The van der Waals surface area contributed by atoms with Crippen molar-refractivity contribution in [1.29, 1.82) is 0 Å². The summed E-state index contributed by atoms with van der Waals surface area (Å²) in [5.74, 6) is 1.93. The summed E-state index contributed by atoms with van der Waals surface area (Å²) < 4.78 is 0. The van der Waals surface area contributed by atoms with Crippen molar-refractivity contribution in [3.05, 3.63) is 35.4 Å². The lowest BCUT2D eigenvalue weighted by Crippen LogP contribution is -2.28. The molecule has 2 aliphatic carbocycles. The highest BCUT2D eigenvalue weighted by atomic mass is 16.1. The van der Waals surface area contributed by atoms with Gasteiger partial charge in [-0.3, -0.25) is 4.79 Å². The zero-order valence-corrected chi connectivity index (χ0v) is 11.2. The lowest BCUT2D eigenvalue weighted by Gasteiger charge is -2.27. The van der Waals surface area contributed by atoms with Gasteiger partial charge < -0.3 is 0 Å². The molecule has 0 bridgehead atoms. The van der Waals surface area contributed by atoms with Crippen LogP contribution in [0.2, 0.25) is 0 Å². The molecule has 0 heterocycles. The maximum absolute atomic E-state index is 12.6. The average Bonchev–Trinajstić information content (AvgIpc) is 2.81. The van der Waals surface area contributed by atoms with Crippen molar-refractivity contribution < 1.29 is 4.79 Å². The van der Waals surface area contributed by atoms with Gasteiger partial charge in [0.15, 0.2) is 0 Å². The summed E-state index contributed by atoms with van der Waals surface area (Å²) in [5.41, 5.74) is 2.81. The summed E-state index contributed by atoms with van der Waals surface area (Å²) in [6.45, 7) is 2.29. The van der Waals surface area contributed by atoms with Gasteiger partial charge in [0.25, 0.3) is 0 Å². The lowest BCUT2D eigenvalue weighted by atomic mass is 9.77. The molecular weight excluding hydrogens is 220 g/mol. The molecule has 0 spiro atoms. The first kappa shape index (κ1) is 12.0. The Bertz CT molecular complexity index is 424. The van der Waals surface area contributed by atoms with Crippen LogP contribution in [0.1, 0.15) is 43.7 Å². The van der Waals surface area contributed by atoms with Crippen LogP contribution in [0.3, 0.4) is 0 Å². The van der Waals surface area contributed by atoms with Crippen LogP contribution in [0.5, 0.6) is 0 Å². The van der Waals surface area contributed by atoms with E-state index in [-0.39, 0.29) is 5.92 Å². The standard InChI is InChI=1S/C17H22O/c1-12-5-4-8-15(9-12)17(18)16-10-13-6-2-3-7-14(13)11-16/h2-3,6-7,12,15-16H,4-5,8-11H2,1H3. The zero-order chi connectivity index (χ0) is 12.5. The summed E-state index contributed by atoms with van der Waals surface area (Å²) in [6, 6.07) is 8.56. The monoisotopic (exact) mass is 242 g/mol. The molecule has 1 nitrogen and oxygen atoms in total. The fourth-order valence-electron chi connectivity index (χ4n) is 3.79. The van der Waals surface area contributed by atoms with E-state index < -0.39 is 0 Å². The largest absolute Gasteiger partial charge is 0.299 e. The van der Waals surface area contributed by atoms with Gasteiger partial charge in [-0.2, -0.15) is 0 Å². The second-order valence-corrected chi connectivity index (χ2v) is 6.24. The molecule has 2 unspecified atom stereocenters. The summed E-state index contributed by atoms with van der Waals surface area (Å²) in [6.07, 6.45) is 6.80. The molecule has 2 atom stereocenters. The molecule has 1 heteroatoms. The van der Waals surface area contributed by atoms with Crippen molar-refractivity contribution in [1.82, 2.24) is 0 Å². The van der Waals surface area contributed by atoms with E-state index in [1.54, 1.807) is 0 Å². The van der Waals surface area contributed by atoms with Crippen LogP contribution < -0.4 is 0 Å². The minimum absolute atomic E-state index is 0.276. The first-order chi connectivity index (χ1) is 8.74. The summed E-state index contributed by atoms with van der Waals surface area (Å²) in [5, 5.41) is 0. The van der Waals surface area contributed by atoms with Crippen molar-refractivity contribution in [3.8, 4) is 0 Å². The highest BCUT2D eigenvalue weighted by molar-refractivity contribution is 5.84. The molecule has 0 amide bonds. The minimum atomic E-state index is 0.276. The number of hydrogen-bond donors (Lipinski definition) is 0. The van der Waals surface area contributed by atoms with E-state index in [2.05, 4.69) is 31.2 Å². The van der Waals surface area contributed by atoms with E-state index in [1.807, 2.05) is 0 Å². The van der Waals surface area contributed by atoms with Gasteiger partial charge in [-0.25, -0.2) is 0 Å². The quantitative estimate of drug-likeness (QED) is 0.771. The average molecular weight is 242 g/mol. The van der Waals surface area contributed by atoms with Gasteiger partial charge in [0.2, 0.25) is 0 Å². The van der Waals surface area contributed by atoms with E-state index in [1.165, 1.54) is 24.0 Å². The van der Waals surface area contributed by atoms with Gasteiger partial charge in [-0.1, -0.05) is 44.0 Å². The summed E-state index contributed by atoms with van der Waals surface area (Å²) in [4.78, 5) is 12.6. The van der Waals surface area contributed by atoms with Crippen LogP contribution in [0, 0.1) is 17.8 Å². The molecule has 18 heavy (non-hydrogen) atoms. The second-order valence-electron chi connectivity index (χ2n) is 6.24. The Morgan fingerprint density at radius 3 is 2.33 bits per heavy atom. The molecule has 0 aromatic heterocycles. The van der Waals surface area contributed by atoms with E-state index in [0.29, 0.717) is 11.7 Å². The van der Waals surface area contributed by atoms with Gasteiger partial charge in [0.1, 0.15) is 5.78 Å². The number of rotatable bonds is 2. The molecule has 2 aliphatic rings. The van der Waals surface area contributed by atoms with Crippen molar-refractivity contribution in [2.75, 3.05) is 0 Å². The van der Waals surface area contributed by atoms with Crippen molar-refractivity contribution in [2.24, 2.45) is 17.8 Å².